The number of carbonyl (C=O) groups excluding carboxylic acids is 2. The molecule has 0 aliphatic carbocycles. The van der Waals surface area contributed by atoms with Crippen molar-refractivity contribution >= 4 is 35.1 Å². The van der Waals surface area contributed by atoms with Crippen molar-refractivity contribution in [1.82, 2.24) is 5.43 Å². The van der Waals surface area contributed by atoms with Gasteiger partial charge in [0.2, 0.25) is 11.8 Å². The average molecular weight is 383 g/mol. The minimum Gasteiger partial charge on any atom is -0.372 e. The van der Waals surface area contributed by atoms with E-state index in [2.05, 4.69) is 15.8 Å². The molecule has 0 bridgehead atoms. The number of rotatable bonds is 7. The molecule has 2 aromatic carbocycles. The number of aryl methyl sites for hydroxylation is 1. The Balaban J connectivity index is 1.92. The Morgan fingerprint density at radius 3 is 2.43 bits per heavy atom. The van der Waals surface area contributed by atoms with Crippen LogP contribution in [0.2, 0.25) is 0 Å². The third-order valence-corrected chi connectivity index (χ3v) is 3.74. The summed E-state index contributed by atoms with van der Waals surface area (Å²) in [4.78, 5) is 36.0. The quantitative estimate of drug-likeness (QED) is 0.330. The molecule has 9 heteroatoms. The maximum absolute atomic E-state index is 11.9. The molecule has 0 fully saturated rings. The van der Waals surface area contributed by atoms with Gasteiger partial charge in [-0.1, -0.05) is 23.8 Å². The third-order valence-electron chi connectivity index (χ3n) is 3.74. The SMILES string of the molecule is Cc1ccc(NC(=O)CC(=O)NN=Cc2ccc(N(C)C)c([N+](=O)[O-])c2)cc1. The Bertz CT molecular complexity index is 907. The van der Waals surface area contributed by atoms with Gasteiger partial charge in [0, 0.05) is 31.4 Å². The van der Waals surface area contributed by atoms with E-state index in [1.165, 1.54) is 12.3 Å². The molecule has 2 N–H and O–H groups in total. The lowest BCUT2D eigenvalue weighted by molar-refractivity contribution is -0.384. The number of hydrogen-bond donors (Lipinski definition) is 2. The van der Waals surface area contributed by atoms with Gasteiger partial charge in [-0.25, -0.2) is 5.43 Å². The second-order valence-corrected chi connectivity index (χ2v) is 6.28. The van der Waals surface area contributed by atoms with Gasteiger partial charge in [0.05, 0.1) is 11.1 Å². The smallest absolute Gasteiger partial charge is 0.293 e. The minimum atomic E-state index is -0.597. The molecule has 0 spiro atoms. The average Bonchev–Trinajstić information content (AvgIpc) is 2.63. The number of hydrazone groups is 1. The molecule has 0 heterocycles. The molecule has 0 aromatic heterocycles. The number of benzene rings is 2. The maximum atomic E-state index is 11.9. The molecule has 28 heavy (non-hydrogen) atoms. The number of nitro benzene ring substituents is 1. The van der Waals surface area contributed by atoms with Gasteiger partial charge in [-0.2, -0.15) is 5.10 Å². The molecular formula is C19H21N5O4. The molecule has 2 rings (SSSR count). The Labute approximate surface area is 162 Å². The number of anilines is 2. The van der Waals surface area contributed by atoms with Crippen LogP contribution in [0.3, 0.4) is 0 Å². The number of nitrogens with one attached hydrogen (secondary N) is 2. The minimum absolute atomic E-state index is 0.0715. The predicted molar refractivity (Wildman–Crippen MR) is 108 cm³/mol. The van der Waals surface area contributed by atoms with Gasteiger partial charge >= 0.3 is 0 Å². The largest absolute Gasteiger partial charge is 0.372 e. The summed E-state index contributed by atoms with van der Waals surface area (Å²) in [5.74, 6) is -1.07. The van der Waals surface area contributed by atoms with Crippen molar-refractivity contribution in [3.05, 3.63) is 63.7 Å². The van der Waals surface area contributed by atoms with Crippen LogP contribution < -0.4 is 15.6 Å². The van der Waals surface area contributed by atoms with Crippen LogP contribution in [0.5, 0.6) is 0 Å². The van der Waals surface area contributed by atoms with Gasteiger partial charge in [0.15, 0.2) is 0 Å². The molecular weight excluding hydrogens is 362 g/mol. The summed E-state index contributed by atoms with van der Waals surface area (Å²) < 4.78 is 0. The number of hydrogen-bond acceptors (Lipinski definition) is 6. The zero-order valence-electron chi connectivity index (χ0n) is 15.8. The van der Waals surface area contributed by atoms with Crippen molar-refractivity contribution in [2.75, 3.05) is 24.3 Å². The maximum Gasteiger partial charge on any atom is 0.293 e. The van der Waals surface area contributed by atoms with E-state index >= 15 is 0 Å². The molecule has 0 saturated heterocycles. The first-order valence-corrected chi connectivity index (χ1v) is 8.40. The molecule has 146 valence electrons. The molecule has 2 amide bonds. The van der Waals surface area contributed by atoms with Gasteiger partial charge in [0.25, 0.3) is 5.69 Å². The second kappa shape index (κ2) is 9.26. The fraction of sp³-hybridized carbons (Fsp3) is 0.211. The van der Waals surface area contributed by atoms with Crippen molar-refractivity contribution in [3.8, 4) is 0 Å². The van der Waals surface area contributed by atoms with E-state index in [0.717, 1.165) is 5.56 Å². The van der Waals surface area contributed by atoms with E-state index in [9.17, 15) is 19.7 Å². The van der Waals surface area contributed by atoms with Crippen LogP contribution in [0.4, 0.5) is 17.1 Å². The first kappa shape index (κ1) is 20.6. The monoisotopic (exact) mass is 383 g/mol. The molecule has 0 atom stereocenters. The van der Waals surface area contributed by atoms with E-state index in [0.29, 0.717) is 16.9 Å². The van der Waals surface area contributed by atoms with Crippen LogP contribution in [0.15, 0.2) is 47.6 Å². The number of nitrogens with zero attached hydrogens (tertiary/aromatic N) is 3. The molecule has 2 aromatic rings. The van der Waals surface area contributed by atoms with Crippen LogP contribution in [-0.2, 0) is 9.59 Å². The van der Waals surface area contributed by atoms with E-state index in [4.69, 9.17) is 0 Å². The van der Waals surface area contributed by atoms with E-state index in [1.54, 1.807) is 43.3 Å². The summed E-state index contributed by atoms with van der Waals surface area (Å²) in [5, 5.41) is 17.5. The van der Waals surface area contributed by atoms with Crippen molar-refractivity contribution in [3.63, 3.8) is 0 Å². The molecule has 0 unspecified atom stereocenters. The fourth-order valence-corrected chi connectivity index (χ4v) is 2.35. The molecule has 0 aliphatic heterocycles. The first-order chi connectivity index (χ1) is 13.3. The number of carbonyl (C=O) groups is 2. The lowest BCUT2D eigenvalue weighted by Gasteiger charge is -2.12. The molecule has 0 saturated carbocycles. The van der Waals surface area contributed by atoms with Crippen LogP contribution in [-0.4, -0.2) is 37.0 Å². The highest BCUT2D eigenvalue weighted by Crippen LogP contribution is 2.27. The highest BCUT2D eigenvalue weighted by atomic mass is 16.6. The third kappa shape index (κ3) is 5.90. The second-order valence-electron chi connectivity index (χ2n) is 6.28. The summed E-state index contributed by atoms with van der Waals surface area (Å²) in [7, 11) is 3.41. The lowest BCUT2D eigenvalue weighted by atomic mass is 10.2. The highest BCUT2D eigenvalue weighted by molar-refractivity contribution is 6.03. The van der Waals surface area contributed by atoms with Gasteiger partial charge < -0.3 is 10.2 Å². The molecule has 0 aliphatic rings. The summed E-state index contributed by atoms with van der Waals surface area (Å²) >= 11 is 0. The number of amides is 2. The molecule has 9 nitrogen and oxygen atoms in total. The Hall–Kier alpha value is -3.75. The Morgan fingerprint density at radius 1 is 1.14 bits per heavy atom. The standard InChI is InChI=1S/C19H21N5O4/c1-13-4-7-15(8-5-13)21-18(25)11-19(26)22-20-12-14-6-9-16(23(2)3)17(10-14)24(27)28/h4-10,12H,11H2,1-3H3,(H,21,25)(H,22,26). The van der Waals surface area contributed by atoms with E-state index < -0.39 is 23.2 Å². The van der Waals surface area contributed by atoms with Crippen LogP contribution in [0, 0.1) is 17.0 Å². The van der Waals surface area contributed by atoms with Gasteiger partial charge in [-0.3, -0.25) is 19.7 Å². The van der Waals surface area contributed by atoms with Crippen molar-refractivity contribution in [2.24, 2.45) is 5.10 Å². The van der Waals surface area contributed by atoms with Gasteiger partial charge in [-0.05, 0) is 25.1 Å². The summed E-state index contributed by atoms with van der Waals surface area (Å²) in [5.41, 5.74) is 4.72. The normalized spacial score (nSPS) is 10.5. The highest BCUT2D eigenvalue weighted by Gasteiger charge is 2.15. The summed E-state index contributed by atoms with van der Waals surface area (Å²) in [6, 6.07) is 11.8. The van der Waals surface area contributed by atoms with E-state index in [-0.39, 0.29) is 5.69 Å². The van der Waals surface area contributed by atoms with E-state index in [1.807, 2.05) is 19.1 Å². The van der Waals surface area contributed by atoms with Gasteiger partial charge in [0.1, 0.15) is 12.1 Å². The van der Waals surface area contributed by atoms with Crippen molar-refractivity contribution < 1.29 is 14.5 Å². The Morgan fingerprint density at radius 2 is 1.82 bits per heavy atom. The topological polar surface area (TPSA) is 117 Å². The lowest BCUT2D eigenvalue weighted by Crippen LogP contribution is -2.24. The number of nitro groups is 1. The summed E-state index contributed by atoms with van der Waals surface area (Å²) in [6.45, 7) is 1.93. The predicted octanol–water partition coefficient (Wildman–Crippen LogP) is 2.45. The Kier molecular flexibility index (Phi) is 6.80. The van der Waals surface area contributed by atoms with Crippen molar-refractivity contribution in [2.45, 2.75) is 13.3 Å². The zero-order valence-corrected chi connectivity index (χ0v) is 15.8. The van der Waals surface area contributed by atoms with Crippen LogP contribution >= 0.6 is 0 Å². The molecule has 0 radical (unpaired) electrons. The summed E-state index contributed by atoms with van der Waals surface area (Å²) in [6.07, 6.45) is 0.882. The fourth-order valence-electron chi connectivity index (χ4n) is 2.35. The first-order valence-electron chi connectivity index (χ1n) is 8.40. The van der Waals surface area contributed by atoms with Crippen LogP contribution in [0.25, 0.3) is 0 Å². The van der Waals surface area contributed by atoms with Crippen LogP contribution in [0.1, 0.15) is 17.5 Å². The van der Waals surface area contributed by atoms with Crippen molar-refractivity contribution in [1.29, 1.82) is 0 Å². The van der Waals surface area contributed by atoms with Gasteiger partial charge in [-0.15, -0.1) is 0 Å². The zero-order chi connectivity index (χ0) is 20.7.